The van der Waals surface area contributed by atoms with Crippen molar-refractivity contribution in [3.63, 3.8) is 0 Å². The van der Waals surface area contributed by atoms with Gasteiger partial charge in [0.1, 0.15) is 11.9 Å². The van der Waals surface area contributed by atoms with Crippen LogP contribution < -0.4 is 10.6 Å². The Hall–Kier alpha value is -2.93. The van der Waals surface area contributed by atoms with Crippen molar-refractivity contribution >= 4 is 17.7 Å². The van der Waals surface area contributed by atoms with E-state index in [0.29, 0.717) is 24.0 Å². The lowest BCUT2D eigenvalue weighted by atomic mass is 9.68. The molecule has 1 amide bonds. The van der Waals surface area contributed by atoms with Crippen LogP contribution in [-0.2, 0) is 19.7 Å². The number of allylic oxidation sites excluding steroid dienone is 1. The van der Waals surface area contributed by atoms with Crippen molar-refractivity contribution < 1.29 is 18.8 Å². The molecule has 0 saturated heterocycles. The summed E-state index contributed by atoms with van der Waals surface area (Å²) in [5.41, 5.74) is 0.537. The van der Waals surface area contributed by atoms with Crippen LogP contribution in [0.1, 0.15) is 62.7 Å². The van der Waals surface area contributed by atoms with Crippen LogP contribution in [0.5, 0.6) is 0 Å². The first kappa shape index (κ1) is 25.2. The molecule has 4 rings (SSSR count). The van der Waals surface area contributed by atoms with Gasteiger partial charge in [-0.15, -0.1) is 6.58 Å². The van der Waals surface area contributed by atoms with E-state index in [9.17, 15) is 9.59 Å². The van der Waals surface area contributed by atoms with E-state index < -0.39 is 5.41 Å². The minimum Gasteiger partial charge on any atom is -0.461 e. The minimum atomic E-state index is -0.544. The number of aromatic nitrogens is 1. The van der Waals surface area contributed by atoms with Crippen molar-refractivity contribution in [1.29, 1.82) is 0 Å². The van der Waals surface area contributed by atoms with Crippen LogP contribution in [0.4, 0.5) is 5.82 Å². The normalized spacial score (nSPS) is 23.5. The SMILES string of the molecule is C=CC1C[C@H](OC(=O)C2(c3ccccc3)CCCCCC2)C1CCNCC(=O)Nc1cc(C)on1. The van der Waals surface area contributed by atoms with Gasteiger partial charge in [-0.25, -0.2) is 0 Å². The highest BCUT2D eigenvalue weighted by atomic mass is 16.5. The van der Waals surface area contributed by atoms with Crippen molar-refractivity contribution in [2.45, 2.75) is 69.8 Å². The van der Waals surface area contributed by atoms with Gasteiger partial charge >= 0.3 is 5.97 Å². The number of nitrogens with zero attached hydrogens (tertiary/aromatic N) is 1. The van der Waals surface area contributed by atoms with Gasteiger partial charge in [-0.1, -0.05) is 67.2 Å². The van der Waals surface area contributed by atoms with Crippen molar-refractivity contribution in [3.8, 4) is 0 Å². The molecule has 7 heteroatoms. The number of ether oxygens (including phenoxy) is 1. The lowest BCUT2D eigenvalue weighted by molar-refractivity contribution is -0.169. The zero-order valence-corrected chi connectivity index (χ0v) is 20.6. The zero-order valence-electron chi connectivity index (χ0n) is 20.6. The van der Waals surface area contributed by atoms with E-state index in [4.69, 9.17) is 9.26 Å². The molecule has 0 spiro atoms. The molecule has 35 heavy (non-hydrogen) atoms. The maximum absolute atomic E-state index is 13.7. The average Bonchev–Trinajstić information content (AvgIpc) is 3.10. The van der Waals surface area contributed by atoms with E-state index in [2.05, 4.69) is 34.5 Å². The summed E-state index contributed by atoms with van der Waals surface area (Å²) in [6, 6.07) is 11.9. The molecule has 2 aliphatic rings. The van der Waals surface area contributed by atoms with Gasteiger partial charge in [0.15, 0.2) is 5.82 Å². The molecular formula is C28H37N3O4. The fourth-order valence-corrected chi connectivity index (χ4v) is 5.54. The Labute approximate surface area is 207 Å². The maximum atomic E-state index is 13.7. The third-order valence-corrected chi connectivity index (χ3v) is 7.60. The molecule has 2 unspecified atom stereocenters. The number of benzene rings is 1. The first-order valence-electron chi connectivity index (χ1n) is 12.8. The molecule has 1 aromatic heterocycles. The summed E-state index contributed by atoms with van der Waals surface area (Å²) in [4.78, 5) is 25.8. The predicted octanol–water partition coefficient (Wildman–Crippen LogP) is 4.93. The van der Waals surface area contributed by atoms with Crippen LogP contribution >= 0.6 is 0 Å². The smallest absolute Gasteiger partial charge is 0.316 e. The van der Waals surface area contributed by atoms with Gasteiger partial charge in [-0.2, -0.15) is 0 Å². The first-order chi connectivity index (χ1) is 17.0. The van der Waals surface area contributed by atoms with Gasteiger partial charge in [0.05, 0.1) is 12.0 Å². The largest absolute Gasteiger partial charge is 0.461 e. The Balaban J connectivity index is 1.31. The molecule has 188 valence electrons. The number of anilines is 1. The molecule has 7 nitrogen and oxygen atoms in total. The highest BCUT2D eigenvalue weighted by Crippen LogP contribution is 2.44. The Morgan fingerprint density at radius 3 is 2.60 bits per heavy atom. The summed E-state index contributed by atoms with van der Waals surface area (Å²) < 4.78 is 11.2. The molecule has 1 aromatic carbocycles. The summed E-state index contributed by atoms with van der Waals surface area (Å²) in [5.74, 6) is 1.35. The molecule has 2 aromatic rings. The minimum absolute atomic E-state index is 0.0710. The second-order valence-corrected chi connectivity index (χ2v) is 9.94. The van der Waals surface area contributed by atoms with Gasteiger partial charge in [0.25, 0.3) is 0 Å². The highest BCUT2D eigenvalue weighted by molar-refractivity contribution is 5.91. The molecule has 2 saturated carbocycles. The second-order valence-electron chi connectivity index (χ2n) is 9.94. The van der Waals surface area contributed by atoms with Crippen molar-refractivity contribution in [2.75, 3.05) is 18.4 Å². The zero-order chi connectivity index (χ0) is 24.7. The Morgan fingerprint density at radius 2 is 1.94 bits per heavy atom. The Bertz CT molecular complexity index is 995. The van der Waals surface area contributed by atoms with Crippen LogP contribution in [0, 0.1) is 18.8 Å². The van der Waals surface area contributed by atoms with Gasteiger partial charge in [0.2, 0.25) is 5.91 Å². The first-order valence-corrected chi connectivity index (χ1v) is 12.8. The van der Waals surface area contributed by atoms with Crippen molar-refractivity contribution in [1.82, 2.24) is 10.5 Å². The average molecular weight is 480 g/mol. The molecule has 2 aliphatic carbocycles. The lowest BCUT2D eigenvalue weighted by Crippen LogP contribution is -2.48. The van der Waals surface area contributed by atoms with E-state index >= 15 is 0 Å². The highest BCUT2D eigenvalue weighted by Gasteiger charge is 2.47. The van der Waals surface area contributed by atoms with Crippen LogP contribution in [0.25, 0.3) is 0 Å². The number of esters is 1. The number of hydrogen-bond acceptors (Lipinski definition) is 6. The monoisotopic (exact) mass is 479 g/mol. The van der Waals surface area contributed by atoms with Crippen molar-refractivity contribution in [2.24, 2.45) is 11.8 Å². The second kappa shape index (κ2) is 11.7. The number of carbonyl (C=O) groups is 2. The molecule has 2 N–H and O–H groups in total. The van der Waals surface area contributed by atoms with E-state index in [1.165, 1.54) is 12.8 Å². The third-order valence-electron chi connectivity index (χ3n) is 7.60. The van der Waals surface area contributed by atoms with Gasteiger partial charge in [0, 0.05) is 12.0 Å². The van der Waals surface area contributed by atoms with E-state index in [1.54, 1.807) is 13.0 Å². The number of aryl methyl sites for hydroxylation is 1. The molecule has 3 atom stereocenters. The number of amides is 1. The molecule has 0 radical (unpaired) electrons. The van der Waals surface area contributed by atoms with Crippen LogP contribution in [0.15, 0.2) is 53.6 Å². The summed E-state index contributed by atoms with van der Waals surface area (Å²) >= 11 is 0. The molecule has 0 aliphatic heterocycles. The number of carbonyl (C=O) groups excluding carboxylic acids is 2. The number of hydrogen-bond donors (Lipinski definition) is 2. The summed E-state index contributed by atoms with van der Waals surface area (Å²) in [7, 11) is 0. The lowest BCUT2D eigenvalue weighted by Gasteiger charge is -2.44. The van der Waals surface area contributed by atoms with Gasteiger partial charge in [-0.05, 0) is 50.6 Å². The quantitative estimate of drug-likeness (QED) is 0.217. The number of rotatable bonds is 10. The van der Waals surface area contributed by atoms with E-state index in [0.717, 1.165) is 44.1 Å². The van der Waals surface area contributed by atoms with E-state index in [-0.39, 0.29) is 30.4 Å². The van der Waals surface area contributed by atoms with Crippen LogP contribution in [0.2, 0.25) is 0 Å². The summed E-state index contributed by atoms with van der Waals surface area (Å²) in [5, 5.41) is 9.66. The van der Waals surface area contributed by atoms with Crippen LogP contribution in [0.3, 0.4) is 0 Å². The van der Waals surface area contributed by atoms with E-state index in [1.807, 2.05) is 24.3 Å². The molecular weight excluding hydrogens is 442 g/mol. The third kappa shape index (κ3) is 6.01. The van der Waals surface area contributed by atoms with Gasteiger partial charge < -0.3 is 19.9 Å². The standard InChI is InChI=1S/C28H37N3O4/c1-3-21-18-24(23(21)13-16-29-19-26(32)30-25-17-20(2)35-31-25)34-27(33)28(14-9-4-5-10-15-28)22-11-7-6-8-12-22/h3,6-8,11-12,17,21,23-24,29H,1,4-5,9-10,13-16,18-19H2,2H3,(H,30,31,32)/t21?,23?,24-/m0/s1. The molecule has 2 fully saturated rings. The maximum Gasteiger partial charge on any atom is 0.316 e. The fourth-order valence-electron chi connectivity index (χ4n) is 5.54. The Morgan fingerprint density at radius 1 is 1.20 bits per heavy atom. The van der Waals surface area contributed by atoms with Gasteiger partial charge in [-0.3, -0.25) is 9.59 Å². The molecule has 0 bridgehead atoms. The Kier molecular flexibility index (Phi) is 8.39. The summed E-state index contributed by atoms with van der Waals surface area (Å²) in [6.07, 6.45) is 9.61. The topological polar surface area (TPSA) is 93.5 Å². The molecule has 1 heterocycles. The van der Waals surface area contributed by atoms with Crippen molar-refractivity contribution in [3.05, 3.63) is 60.4 Å². The summed E-state index contributed by atoms with van der Waals surface area (Å²) in [6.45, 7) is 6.58. The van der Waals surface area contributed by atoms with Crippen LogP contribution in [-0.4, -0.2) is 36.2 Å². The fraction of sp³-hybridized carbons (Fsp3) is 0.536. The number of nitrogens with one attached hydrogen (secondary N) is 2. The predicted molar refractivity (Wildman–Crippen MR) is 135 cm³/mol.